The highest BCUT2D eigenvalue weighted by molar-refractivity contribution is 5.74. The van der Waals surface area contributed by atoms with Crippen molar-refractivity contribution in [1.29, 1.82) is 0 Å². The average molecular weight is 292 g/mol. The zero-order valence-electron chi connectivity index (χ0n) is 13.5. The molecule has 2 amide bonds. The summed E-state index contributed by atoms with van der Waals surface area (Å²) in [5, 5.41) is 3.01. The molecule has 1 rings (SSSR count). The highest BCUT2D eigenvalue weighted by Crippen LogP contribution is 2.12. The number of methoxy groups -OCH3 is 1. The number of rotatable bonds is 9. The van der Waals surface area contributed by atoms with Gasteiger partial charge < -0.3 is 15.0 Å². The van der Waals surface area contributed by atoms with Gasteiger partial charge in [-0.05, 0) is 37.0 Å². The molecule has 0 atom stereocenters. The van der Waals surface area contributed by atoms with E-state index >= 15 is 0 Å². The van der Waals surface area contributed by atoms with E-state index in [0.717, 1.165) is 44.5 Å². The Morgan fingerprint density at radius 3 is 2.71 bits per heavy atom. The molecule has 0 spiro atoms. The van der Waals surface area contributed by atoms with Crippen LogP contribution in [0.3, 0.4) is 0 Å². The number of amides is 2. The minimum Gasteiger partial charge on any atom is -0.497 e. The molecule has 0 fully saturated rings. The Labute approximate surface area is 128 Å². The zero-order valence-corrected chi connectivity index (χ0v) is 13.5. The summed E-state index contributed by atoms with van der Waals surface area (Å²) in [6.07, 6.45) is 3.98. The van der Waals surface area contributed by atoms with Gasteiger partial charge in [-0.25, -0.2) is 4.79 Å². The van der Waals surface area contributed by atoms with Crippen LogP contribution in [0.15, 0.2) is 24.3 Å². The summed E-state index contributed by atoms with van der Waals surface area (Å²) in [6, 6.07) is 8.01. The first-order chi connectivity index (χ1) is 10.2. The van der Waals surface area contributed by atoms with Crippen molar-refractivity contribution in [1.82, 2.24) is 10.2 Å². The highest BCUT2D eigenvalue weighted by atomic mass is 16.5. The van der Waals surface area contributed by atoms with E-state index in [0.29, 0.717) is 6.54 Å². The second kappa shape index (κ2) is 10.1. The molecule has 1 N–H and O–H groups in total. The van der Waals surface area contributed by atoms with Crippen LogP contribution in [0.4, 0.5) is 4.79 Å². The first kappa shape index (κ1) is 17.3. The summed E-state index contributed by atoms with van der Waals surface area (Å²) >= 11 is 0. The van der Waals surface area contributed by atoms with Gasteiger partial charge in [0.15, 0.2) is 0 Å². The van der Waals surface area contributed by atoms with Crippen LogP contribution >= 0.6 is 0 Å². The lowest BCUT2D eigenvalue weighted by atomic mass is 10.1. The Bertz CT molecular complexity index is 421. The van der Waals surface area contributed by atoms with Crippen LogP contribution in [-0.4, -0.2) is 37.7 Å². The fourth-order valence-corrected chi connectivity index (χ4v) is 2.19. The van der Waals surface area contributed by atoms with Gasteiger partial charge in [0.1, 0.15) is 5.75 Å². The third kappa shape index (κ3) is 6.52. The molecule has 0 unspecified atom stereocenters. The Hall–Kier alpha value is -1.71. The van der Waals surface area contributed by atoms with Gasteiger partial charge >= 0.3 is 6.03 Å². The summed E-state index contributed by atoms with van der Waals surface area (Å²) in [7, 11) is 1.66. The second-order valence-corrected chi connectivity index (χ2v) is 5.17. The van der Waals surface area contributed by atoms with Gasteiger partial charge in [-0.15, -0.1) is 0 Å². The summed E-state index contributed by atoms with van der Waals surface area (Å²) < 4.78 is 5.20. The molecule has 1 aromatic rings. The molecule has 0 radical (unpaired) electrons. The Morgan fingerprint density at radius 2 is 2.05 bits per heavy atom. The fraction of sp³-hybridized carbons (Fsp3) is 0.588. The molecule has 0 aliphatic heterocycles. The van der Waals surface area contributed by atoms with Crippen LogP contribution in [0.1, 0.15) is 38.7 Å². The van der Waals surface area contributed by atoms with Crippen LogP contribution in [0.25, 0.3) is 0 Å². The van der Waals surface area contributed by atoms with Crippen molar-refractivity contribution in [3.63, 3.8) is 0 Å². The number of carbonyl (C=O) groups is 1. The molecule has 4 nitrogen and oxygen atoms in total. The van der Waals surface area contributed by atoms with Crippen LogP contribution < -0.4 is 10.1 Å². The largest absolute Gasteiger partial charge is 0.497 e. The topological polar surface area (TPSA) is 41.6 Å². The Morgan fingerprint density at radius 1 is 1.24 bits per heavy atom. The van der Waals surface area contributed by atoms with Crippen molar-refractivity contribution in [3.05, 3.63) is 29.8 Å². The van der Waals surface area contributed by atoms with E-state index in [9.17, 15) is 4.79 Å². The number of nitrogens with zero attached hydrogens (tertiary/aromatic N) is 1. The molecular weight excluding hydrogens is 264 g/mol. The minimum absolute atomic E-state index is 0.0493. The summed E-state index contributed by atoms with van der Waals surface area (Å²) in [4.78, 5) is 14.1. The summed E-state index contributed by atoms with van der Waals surface area (Å²) in [5.74, 6) is 0.856. The number of benzene rings is 1. The molecule has 0 aliphatic rings. The van der Waals surface area contributed by atoms with E-state index in [1.54, 1.807) is 7.11 Å². The number of hydrogen-bond donors (Lipinski definition) is 1. The number of carbonyl (C=O) groups excluding carboxylic acids is 1. The van der Waals surface area contributed by atoms with E-state index < -0.39 is 0 Å². The van der Waals surface area contributed by atoms with Gasteiger partial charge in [0.2, 0.25) is 0 Å². The Kier molecular flexibility index (Phi) is 8.32. The van der Waals surface area contributed by atoms with E-state index in [1.165, 1.54) is 5.56 Å². The summed E-state index contributed by atoms with van der Waals surface area (Å²) in [6.45, 7) is 6.56. The predicted octanol–water partition coefficient (Wildman–Crippen LogP) is 3.46. The first-order valence-corrected chi connectivity index (χ1v) is 7.87. The molecule has 0 heterocycles. The highest BCUT2D eigenvalue weighted by Gasteiger charge is 2.10. The molecule has 0 saturated carbocycles. The number of urea groups is 1. The number of hydrogen-bond acceptors (Lipinski definition) is 2. The number of ether oxygens (including phenoxy) is 1. The first-order valence-electron chi connectivity index (χ1n) is 7.87. The van der Waals surface area contributed by atoms with Crippen LogP contribution in [0.5, 0.6) is 5.75 Å². The maximum absolute atomic E-state index is 12.1. The molecule has 1 aromatic carbocycles. The lowest BCUT2D eigenvalue weighted by molar-refractivity contribution is 0.197. The van der Waals surface area contributed by atoms with Crippen molar-refractivity contribution in [2.24, 2.45) is 0 Å². The van der Waals surface area contributed by atoms with Crippen LogP contribution in [0, 0.1) is 0 Å². The van der Waals surface area contributed by atoms with Gasteiger partial charge in [-0.2, -0.15) is 0 Å². The van der Waals surface area contributed by atoms with E-state index in [-0.39, 0.29) is 6.03 Å². The van der Waals surface area contributed by atoms with Crippen molar-refractivity contribution >= 4 is 6.03 Å². The third-order valence-electron chi connectivity index (χ3n) is 3.39. The van der Waals surface area contributed by atoms with Gasteiger partial charge in [-0.3, -0.25) is 0 Å². The van der Waals surface area contributed by atoms with E-state index in [4.69, 9.17) is 4.74 Å². The number of unbranched alkanes of at least 4 members (excludes halogenated alkanes) is 1. The van der Waals surface area contributed by atoms with Crippen LogP contribution in [0.2, 0.25) is 0 Å². The quantitative estimate of drug-likeness (QED) is 0.757. The van der Waals surface area contributed by atoms with Gasteiger partial charge in [0, 0.05) is 19.6 Å². The standard InChI is InChI=1S/C17H28N2O2/c1-4-6-13-19(12-5-2)17(20)18-11-10-15-8-7-9-16(14-15)21-3/h7-9,14H,4-6,10-13H2,1-3H3,(H,18,20). The normalized spacial score (nSPS) is 10.2. The third-order valence-corrected chi connectivity index (χ3v) is 3.39. The molecule has 0 bridgehead atoms. The van der Waals surface area contributed by atoms with Gasteiger partial charge in [-0.1, -0.05) is 32.4 Å². The molecule has 21 heavy (non-hydrogen) atoms. The SMILES string of the molecule is CCCCN(CCC)C(=O)NCCc1cccc(OC)c1. The van der Waals surface area contributed by atoms with Crippen LogP contribution in [-0.2, 0) is 6.42 Å². The maximum atomic E-state index is 12.1. The lowest BCUT2D eigenvalue weighted by Gasteiger charge is -2.22. The van der Waals surface area contributed by atoms with Crippen molar-refractivity contribution in [3.8, 4) is 5.75 Å². The maximum Gasteiger partial charge on any atom is 0.317 e. The average Bonchev–Trinajstić information content (AvgIpc) is 2.51. The van der Waals surface area contributed by atoms with Crippen molar-refractivity contribution < 1.29 is 9.53 Å². The van der Waals surface area contributed by atoms with Crippen molar-refractivity contribution in [2.45, 2.75) is 39.5 Å². The van der Waals surface area contributed by atoms with Gasteiger partial charge in [0.25, 0.3) is 0 Å². The molecule has 0 aromatic heterocycles. The predicted molar refractivity (Wildman–Crippen MR) is 86.9 cm³/mol. The fourth-order valence-electron chi connectivity index (χ4n) is 2.19. The van der Waals surface area contributed by atoms with Crippen molar-refractivity contribution in [2.75, 3.05) is 26.7 Å². The molecule has 118 valence electrons. The number of nitrogens with one attached hydrogen (secondary N) is 1. The lowest BCUT2D eigenvalue weighted by Crippen LogP contribution is -2.41. The van der Waals surface area contributed by atoms with E-state index in [1.807, 2.05) is 23.1 Å². The van der Waals surface area contributed by atoms with E-state index in [2.05, 4.69) is 25.2 Å². The monoisotopic (exact) mass is 292 g/mol. The Balaban J connectivity index is 2.39. The zero-order chi connectivity index (χ0) is 15.5. The second-order valence-electron chi connectivity index (χ2n) is 5.17. The smallest absolute Gasteiger partial charge is 0.317 e. The molecule has 0 aliphatic carbocycles. The molecular formula is C17H28N2O2. The minimum atomic E-state index is 0.0493. The molecule has 4 heteroatoms. The summed E-state index contributed by atoms with van der Waals surface area (Å²) in [5.41, 5.74) is 1.17. The molecule has 0 saturated heterocycles. The van der Waals surface area contributed by atoms with Gasteiger partial charge in [0.05, 0.1) is 7.11 Å².